The number of aryl methyl sites for hydroxylation is 1. The van der Waals surface area contributed by atoms with Crippen molar-refractivity contribution < 1.29 is 4.79 Å². The van der Waals surface area contributed by atoms with Crippen LogP contribution >= 0.6 is 11.6 Å². The maximum atomic E-state index is 11.1. The molecule has 0 spiro atoms. The lowest BCUT2D eigenvalue weighted by Crippen LogP contribution is -2.11. The fraction of sp³-hybridized carbons (Fsp3) is 0.0909. The fourth-order valence-electron chi connectivity index (χ4n) is 1.45. The van der Waals surface area contributed by atoms with Crippen LogP contribution in [0.2, 0.25) is 5.02 Å². The molecule has 0 unspecified atom stereocenters. The highest BCUT2D eigenvalue weighted by Gasteiger charge is 2.08. The molecule has 0 aliphatic carbocycles. The van der Waals surface area contributed by atoms with Crippen molar-refractivity contribution in [3.8, 4) is 0 Å². The molecule has 3 nitrogen and oxygen atoms in total. The van der Waals surface area contributed by atoms with Crippen LogP contribution < -0.4 is 5.73 Å². The Hall–Kier alpha value is -1.61. The second-order valence-corrected chi connectivity index (χ2v) is 3.81. The summed E-state index contributed by atoms with van der Waals surface area (Å²) < 4.78 is 0. The zero-order chi connectivity index (χ0) is 11.0. The number of amides is 1. The van der Waals surface area contributed by atoms with E-state index in [1.807, 2.05) is 13.0 Å². The van der Waals surface area contributed by atoms with E-state index in [1.165, 1.54) is 0 Å². The van der Waals surface area contributed by atoms with Crippen LogP contribution in [0.1, 0.15) is 15.9 Å². The van der Waals surface area contributed by atoms with Crippen molar-refractivity contribution in [3.63, 3.8) is 0 Å². The van der Waals surface area contributed by atoms with Crippen LogP contribution in [0, 0.1) is 6.92 Å². The van der Waals surface area contributed by atoms with E-state index in [1.54, 1.807) is 18.3 Å². The summed E-state index contributed by atoms with van der Waals surface area (Å²) in [5.41, 5.74) is 7.32. The minimum absolute atomic E-state index is 0.330. The molecule has 0 atom stereocenters. The van der Waals surface area contributed by atoms with Gasteiger partial charge in [-0.05, 0) is 30.7 Å². The lowest BCUT2D eigenvalue weighted by atomic mass is 10.1. The highest BCUT2D eigenvalue weighted by Crippen LogP contribution is 2.22. The summed E-state index contributed by atoms with van der Waals surface area (Å²) in [5.74, 6) is -0.525. The molecule has 1 heterocycles. The Bertz CT molecular complexity index is 552. The first-order valence-electron chi connectivity index (χ1n) is 4.43. The van der Waals surface area contributed by atoms with Crippen molar-refractivity contribution in [2.75, 3.05) is 0 Å². The Morgan fingerprint density at radius 2 is 2.13 bits per heavy atom. The standard InChI is InChI=1S/C11H9ClN2O/c1-6-2-7-3-8(11(13)15)9(12)4-10(7)14-5-6/h2-5H,1H3,(H2,13,15). The Morgan fingerprint density at radius 3 is 2.80 bits per heavy atom. The van der Waals surface area contributed by atoms with E-state index < -0.39 is 5.91 Å². The van der Waals surface area contributed by atoms with Gasteiger partial charge >= 0.3 is 0 Å². The molecule has 2 N–H and O–H groups in total. The third kappa shape index (κ3) is 1.78. The summed E-state index contributed by atoms with van der Waals surface area (Å²) in [6.45, 7) is 1.94. The SMILES string of the molecule is Cc1cnc2cc(Cl)c(C(N)=O)cc2c1. The smallest absolute Gasteiger partial charge is 0.250 e. The van der Waals surface area contributed by atoms with E-state index >= 15 is 0 Å². The number of aromatic nitrogens is 1. The van der Waals surface area contributed by atoms with Gasteiger partial charge in [-0.3, -0.25) is 9.78 Å². The monoisotopic (exact) mass is 220 g/mol. The van der Waals surface area contributed by atoms with Gasteiger partial charge in [-0.2, -0.15) is 0 Å². The number of fused-ring (bicyclic) bond motifs is 1. The molecule has 1 aromatic carbocycles. The molecule has 2 rings (SSSR count). The molecule has 0 aliphatic rings. The number of rotatable bonds is 1. The summed E-state index contributed by atoms with van der Waals surface area (Å²) in [4.78, 5) is 15.3. The Morgan fingerprint density at radius 1 is 1.40 bits per heavy atom. The summed E-state index contributed by atoms with van der Waals surface area (Å²) in [7, 11) is 0. The van der Waals surface area contributed by atoms with E-state index in [0.717, 1.165) is 16.5 Å². The van der Waals surface area contributed by atoms with Crippen LogP contribution in [0.3, 0.4) is 0 Å². The van der Waals surface area contributed by atoms with Gasteiger partial charge in [0.25, 0.3) is 0 Å². The first kappa shape index (κ1) is 9.93. The van der Waals surface area contributed by atoms with Crippen molar-refractivity contribution in [1.29, 1.82) is 0 Å². The van der Waals surface area contributed by atoms with Crippen LogP contribution in [0.5, 0.6) is 0 Å². The second kappa shape index (κ2) is 3.51. The van der Waals surface area contributed by atoms with Crippen LogP contribution in [0.4, 0.5) is 0 Å². The molecule has 0 bridgehead atoms. The van der Waals surface area contributed by atoms with Gasteiger partial charge in [0, 0.05) is 11.6 Å². The summed E-state index contributed by atoms with van der Waals surface area (Å²) in [6, 6.07) is 5.25. The van der Waals surface area contributed by atoms with E-state index in [9.17, 15) is 4.79 Å². The van der Waals surface area contributed by atoms with Crippen molar-refractivity contribution in [2.45, 2.75) is 6.92 Å². The van der Waals surface area contributed by atoms with Gasteiger partial charge in [0.1, 0.15) is 0 Å². The number of primary amides is 1. The number of carbonyl (C=O) groups is 1. The Labute approximate surface area is 91.9 Å². The third-order valence-corrected chi connectivity index (χ3v) is 2.48. The predicted molar refractivity (Wildman–Crippen MR) is 60.0 cm³/mol. The van der Waals surface area contributed by atoms with Gasteiger partial charge in [0.15, 0.2) is 0 Å². The average Bonchev–Trinajstić information content (AvgIpc) is 2.17. The largest absolute Gasteiger partial charge is 0.366 e. The molecule has 0 aliphatic heterocycles. The Balaban J connectivity index is 2.77. The maximum Gasteiger partial charge on any atom is 0.250 e. The van der Waals surface area contributed by atoms with Crippen molar-refractivity contribution >= 4 is 28.4 Å². The number of nitrogens with two attached hydrogens (primary N) is 1. The molecule has 0 saturated carbocycles. The van der Waals surface area contributed by atoms with Crippen LogP contribution in [-0.4, -0.2) is 10.9 Å². The summed E-state index contributed by atoms with van der Waals surface area (Å²) >= 11 is 5.90. The Kier molecular flexibility index (Phi) is 2.32. The van der Waals surface area contributed by atoms with E-state index in [-0.39, 0.29) is 0 Å². The van der Waals surface area contributed by atoms with Gasteiger partial charge in [0.2, 0.25) is 5.91 Å². The first-order valence-corrected chi connectivity index (χ1v) is 4.81. The van der Waals surface area contributed by atoms with Crippen LogP contribution in [0.25, 0.3) is 10.9 Å². The minimum Gasteiger partial charge on any atom is -0.366 e. The quantitative estimate of drug-likeness (QED) is 0.802. The maximum absolute atomic E-state index is 11.1. The molecule has 76 valence electrons. The minimum atomic E-state index is -0.525. The lowest BCUT2D eigenvalue weighted by molar-refractivity contribution is 0.100. The molecular weight excluding hydrogens is 212 g/mol. The van der Waals surface area contributed by atoms with E-state index in [2.05, 4.69) is 4.98 Å². The number of pyridine rings is 1. The van der Waals surface area contributed by atoms with Crippen LogP contribution in [0.15, 0.2) is 24.4 Å². The predicted octanol–water partition coefficient (Wildman–Crippen LogP) is 2.30. The highest BCUT2D eigenvalue weighted by atomic mass is 35.5. The zero-order valence-corrected chi connectivity index (χ0v) is 8.88. The van der Waals surface area contributed by atoms with E-state index in [4.69, 9.17) is 17.3 Å². The molecule has 0 fully saturated rings. The van der Waals surface area contributed by atoms with Crippen molar-refractivity contribution in [2.24, 2.45) is 5.73 Å². The van der Waals surface area contributed by atoms with Crippen molar-refractivity contribution in [1.82, 2.24) is 4.98 Å². The van der Waals surface area contributed by atoms with E-state index in [0.29, 0.717) is 10.6 Å². The van der Waals surface area contributed by atoms with Gasteiger partial charge < -0.3 is 5.73 Å². The summed E-state index contributed by atoms with van der Waals surface area (Å²) in [5, 5.41) is 1.21. The number of hydrogen-bond donors (Lipinski definition) is 1. The number of hydrogen-bond acceptors (Lipinski definition) is 2. The molecule has 1 aromatic heterocycles. The van der Waals surface area contributed by atoms with Gasteiger partial charge in [-0.25, -0.2) is 0 Å². The number of nitrogens with zero attached hydrogens (tertiary/aromatic N) is 1. The second-order valence-electron chi connectivity index (χ2n) is 3.40. The molecule has 15 heavy (non-hydrogen) atoms. The fourth-order valence-corrected chi connectivity index (χ4v) is 1.70. The average molecular weight is 221 g/mol. The molecule has 4 heteroatoms. The third-order valence-electron chi connectivity index (χ3n) is 2.17. The number of benzene rings is 1. The molecule has 2 aromatic rings. The van der Waals surface area contributed by atoms with Gasteiger partial charge in [-0.15, -0.1) is 0 Å². The zero-order valence-electron chi connectivity index (χ0n) is 8.12. The molecular formula is C11H9ClN2O. The lowest BCUT2D eigenvalue weighted by Gasteiger charge is -2.03. The number of carbonyl (C=O) groups excluding carboxylic acids is 1. The first-order chi connectivity index (χ1) is 7.08. The van der Waals surface area contributed by atoms with Crippen molar-refractivity contribution in [3.05, 3.63) is 40.5 Å². The highest BCUT2D eigenvalue weighted by molar-refractivity contribution is 6.34. The van der Waals surface area contributed by atoms with Gasteiger partial charge in [0.05, 0.1) is 16.1 Å². The van der Waals surface area contributed by atoms with Gasteiger partial charge in [-0.1, -0.05) is 11.6 Å². The normalized spacial score (nSPS) is 10.5. The number of halogens is 1. The molecule has 0 radical (unpaired) electrons. The topological polar surface area (TPSA) is 56.0 Å². The summed E-state index contributed by atoms with van der Waals surface area (Å²) in [6.07, 6.45) is 1.75. The molecule has 1 amide bonds. The van der Waals surface area contributed by atoms with Crippen LogP contribution in [-0.2, 0) is 0 Å². The molecule has 0 saturated heterocycles.